The molecule has 2 atom stereocenters. The van der Waals surface area contributed by atoms with Crippen LogP contribution in [0.1, 0.15) is 26.2 Å². The van der Waals surface area contributed by atoms with Crippen molar-refractivity contribution in [2.75, 3.05) is 38.8 Å². The number of carbonyl (C=O) groups excluding carboxylic acids is 1. The predicted octanol–water partition coefficient (Wildman–Crippen LogP) is 2.20. The number of rotatable bonds is 7. The lowest BCUT2D eigenvalue weighted by molar-refractivity contribution is -0.173. The summed E-state index contributed by atoms with van der Waals surface area (Å²) in [5, 5.41) is 6.35. The number of hydrogen-bond donors (Lipinski definition) is 2. The zero-order chi connectivity index (χ0) is 17.7. The molecular formula is C19H28N2O4. The van der Waals surface area contributed by atoms with Crippen LogP contribution in [0, 0.1) is 5.41 Å². The molecular weight excluding hydrogens is 320 g/mol. The van der Waals surface area contributed by atoms with E-state index in [1.165, 1.54) is 0 Å². The first-order valence-electron chi connectivity index (χ1n) is 9.04. The number of anilines is 1. The molecule has 0 bridgehead atoms. The predicted molar refractivity (Wildman–Crippen MR) is 95.9 cm³/mol. The highest BCUT2D eigenvalue weighted by atomic mass is 16.5. The number of hydrogen-bond acceptors (Lipinski definition) is 5. The molecule has 1 spiro atoms. The van der Waals surface area contributed by atoms with Gasteiger partial charge in [-0.05, 0) is 50.5 Å². The lowest BCUT2D eigenvalue weighted by Gasteiger charge is -2.57. The third kappa shape index (κ3) is 3.97. The minimum atomic E-state index is -0.0350. The minimum Gasteiger partial charge on any atom is -0.497 e. The Labute approximate surface area is 149 Å². The highest BCUT2D eigenvalue weighted by Gasteiger charge is 2.55. The van der Waals surface area contributed by atoms with Crippen molar-refractivity contribution in [3.63, 3.8) is 0 Å². The van der Waals surface area contributed by atoms with E-state index in [0.717, 1.165) is 50.5 Å². The van der Waals surface area contributed by atoms with E-state index in [9.17, 15) is 4.79 Å². The van der Waals surface area contributed by atoms with Gasteiger partial charge in [-0.3, -0.25) is 4.79 Å². The Balaban J connectivity index is 1.51. The highest BCUT2D eigenvalue weighted by Crippen LogP contribution is 2.50. The van der Waals surface area contributed by atoms with E-state index in [1.54, 1.807) is 7.11 Å². The Kier molecular flexibility index (Phi) is 5.93. The topological polar surface area (TPSA) is 68.8 Å². The Morgan fingerprint density at radius 3 is 2.64 bits per heavy atom. The van der Waals surface area contributed by atoms with Gasteiger partial charge in [-0.25, -0.2) is 0 Å². The number of methoxy groups -OCH3 is 1. The van der Waals surface area contributed by atoms with Gasteiger partial charge in [0, 0.05) is 37.0 Å². The quantitative estimate of drug-likeness (QED) is 0.791. The van der Waals surface area contributed by atoms with Crippen molar-refractivity contribution < 1.29 is 19.0 Å². The first kappa shape index (κ1) is 18.2. The maximum absolute atomic E-state index is 12.2. The third-order valence-electron chi connectivity index (χ3n) is 5.46. The van der Waals surface area contributed by atoms with E-state index in [2.05, 4.69) is 10.6 Å². The van der Waals surface area contributed by atoms with Crippen LogP contribution in [0.15, 0.2) is 24.3 Å². The molecule has 2 N–H and O–H groups in total. The van der Waals surface area contributed by atoms with Gasteiger partial charge in [-0.2, -0.15) is 0 Å². The number of carbonyl (C=O) groups is 1. The van der Waals surface area contributed by atoms with Crippen LogP contribution in [0.5, 0.6) is 5.75 Å². The van der Waals surface area contributed by atoms with Crippen LogP contribution in [0.3, 0.4) is 0 Å². The third-order valence-corrected chi connectivity index (χ3v) is 5.46. The standard InChI is InChI=1S/C19H28N2O4/c1-3-25-17-12-16(19(17)8-10-24-11-9-19)20-13-18(22)21-14-4-6-15(23-2)7-5-14/h4-7,16-17,20H,3,8-13H2,1-2H3,(H,21,22)/t16-,17+/m1/s1. The Hall–Kier alpha value is -1.63. The smallest absolute Gasteiger partial charge is 0.238 e. The molecule has 1 saturated heterocycles. The molecule has 6 heteroatoms. The molecule has 3 rings (SSSR count). The summed E-state index contributed by atoms with van der Waals surface area (Å²) < 4.78 is 16.6. The van der Waals surface area contributed by atoms with Gasteiger partial charge in [0.25, 0.3) is 0 Å². The largest absolute Gasteiger partial charge is 0.497 e. The van der Waals surface area contributed by atoms with Crippen molar-refractivity contribution in [1.29, 1.82) is 0 Å². The number of amides is 1. The van der Waals surface area contributed by atoms with E-state index in [1.807, 2.05) is 31.2 Å². The molecule has 0 unspecified atom stereocenters. The summed E-state index contributed by atoms with van der Waals surface area (Å²) in [6, 6.07) is 7.66. The van der Waals surface area contributed by atoms with Crippen LogP contribution in [0.4, 0.5) is 5.69 Å². The average Bonchev–Trinajstić information content (AvgIpc) is 2.65. The van der Waals surface area contributed by atoms with Gasteiger partial charge in [-0.15, -0.1) is 0 Å². The van der Waals surface area contributed by atoms with Crippen molar-refractivity contribution in [2.24, 2.45) is 5.41 Å². The van der Waals surface area contributed by atoms with Crippen LogP contribution in [0.2, 0.25) is 0 Å². The van der Waals surface area contributed by atoms with Gasteiger partial charge in [0.1, 0.15) is 5.75 Å². The molecule has 25 heavy (non-hydrogen) atoms. The van der Waals surface area contributed by atoms with E-state index in [4.69, 9.17) is 14.2 Å². The summed E-state index contributed by atoms with van der Waals surface area (Å²) >= 11 is 0. The fourth-order valence-corrected chi connectivity index (χ4v) is 3.99. The zero-order valence-electron chi connectivity index (χ0n) is 15.0. The summed E-state index contributed by atoms with van der Waals surface area (Å²) in [7, 11) is 1.62. The Morgan fingerprint density at radius 2 is 2.00 bits per heavy atom. The fraction of sp³-hybridized carbons (Fsp3) is 0.632. The average molecular weight is 348 g/mol. The zero-order valence-corrected chi connectivity index (χ0v) is 15.0. The second kappa shape index (κ2) is 8.17. The first-order chi connectivity index (χ1) is 12.2. The van der Waals surface area contributed by atoms with Crippen molar-refractivity contribution in [3.8, 4) is 5.75 Å². The summed E-state index contributed by atoms with van der Waals surface area (Å²) in [5.74, 6) is 0.737. The van der Waals surface area contributed by atoms with Gasteiger partial charge in [0.05, 0.1) is 19.8 Å². The summed E-state index contributed by atoms with van der Waals surface area (Å²) in [6.45, 7) is 4.63. The number of nitrogens with one attached hydrogen (secondary N) is 2. The Morgan fingerprint density at radius 1 is 1.28 bits per heavy atom. The van der Waals surface area contributed by atoms with E-state index >= 15 is 0 Å². The van der Waals surface area contributed by atoms with Crippen LogP contribution in [0.25, 0.3) is 0 Å². The molecule has 0 radical (unpaired) electrons. The maximum atomic E-state index is 12.2. The Bertz CT molecular complexity index is 569. The van der Waals surface area contributed by atoms with Gasteiger partial charge >= 0.3 is 0 Å². The molecule has 1 heterocycles. The normalized spacial score (nSPS) is 24.6. The molecule has 2 fully saturated rings. The maximum Gasteiger partial charge on any atom is 0.238 e. The fourth-order valence-electron chi connectivity index (χ4n) is 3.99. The molecule has 138 valence electrons. The molecule has 1 saturated carbocycles. The van der Waals surface area contributed by atoms with Gasteiger partial charge < -0.3 is 24.8 Å². The van der Waals surface area contributed by atoms with Crippen molar-refractivity contribution in [2.45, 2.75) is 38.3 Å². The highest BCUT2D eigenvalue weighted by molar-refractivity contribution is 5.92. The SMILES string of the molecule is CCO[C@H]1C[C@@H](NCC(=O)Nc2ccc(OC)cc2)C12CCOCC2. The lowest BCUT2D eigenvalue weighted by Crippen LogP contribution is -2.66. The van der Waals surface area contributed by atoms with E-state index in [0.29, 0.717) is 12.6 Å². The molecule has 1 aliphatic heterocycles. The molecule has 1 aromatic rings. The molecule has 1 amide bonds. The lowest BCUT2D eigenvalue weighted by atomic mass is 9.57. The molecule has 1 aliphatic carbocycles. The molecule has 0 aromatic heterocycles. The summed E-state index contributed by atoms with van der Waals surface area (Å²) in [4.78, 5) is 12.2. The monoisotopic (exact) mass is 348 g/mol. The van der Waals surface area contributed by atoms with E-state index in [-0.39, 0.29) is 17.4 Å². The summed E-state index contributed by atoms with van der Waals surface area (Å²) in [5.41, 5.74) is 0.892. The van der Waals surface area contributed by atoms with Crippen LogP contribution in [-0.2, 0) is 14.3 Å². The molecule has 2 aliphatic rings. The molecule has 1 aromatic carbocycles. The second-order valence-electron chi connectivity index (χ2n) is 6.74. The number of benzene rings is 1. The van der Waals surface area contributed by atoms with E-state index < -0.39 is 0 Å². The van der Waals surface area contributed by atoms with Crippen LogP contribution in [-0.4, -0.2) is 51.5 Å². The number of ether oxygens (including phenoxy) is 3. The van der Waals surface area contributed by atoms with Gasteiger partial charge in [0.2, 0.25) is 5.91 Å². The van der Waals surface area contributed by atoms with Crippen molar-refractivity contribution >= 4 is 11.6 Å². The first-order valence-corrected chi connectivity index (χ1v) is 9.04. The second-order valence-corrected chi connectivity index (χ2v) is 6.74. The molecule has 6 nitrogen and oxygen atoms in total. The van der Waals surface area contributed by atoms with Crippen molar-refractivity contribution in [3.05, 3.63) is 24.3 Å². The van der Waals surface area contributed by atoms with Crippen LogP contribution < -0.4 is 15.4 Å². The minimum absolute atomic E-state index is 0.0350. The van der Waals surface area contributed by atoms with Crippen LogP contribution >= 0.6 is 0 Å². The van der Waals surface area contributed by atoms with Gasteiger partial charge in [0.15, 0.2) is 0 Å². The van der Waals surface area contributed by atoms with Gasteiger partial charge in [-0.1, -0.05) is 0 Å². The summed E-state index contributed by atoms with van der Waals surface area (Å²) in [6.07, 6.45) is 3.23. The van der Waals surface area contributed by atoms with Crippen molar-refractivity contribution in [1.82, 2.24) is 5.32 Å².